The smallest absolute Gasteiger partial charge is 0.164 e. The third kappa shape index (κ3) is 3.89. The van der Waals surface area contributed by atoms with Gasteiger partial charge in [0.1, 0.15) is 0 Å². The van der Waals surface area contributed by atoms with E-state index in [2.05, 4.69) is 36.9 Å². The lowest BCUT2D eigenvalue weighted by molar-refractivity contribution is 0.601. The number of halogens is 1. The Morgan fingerprint density at radius 1 is 1.11 bits per heavy atom. The first-order valence-corrected chi connectivity index (χ1v) is 12.0. The minimum absolute atomic E-state index is 0.126. The Kier molecular flexibility index (Phi) is 4.99. The fourth-order valence-electron chi connectivity index (χ4n) is 3.58. The normalized spacial score (nSPS) is 23.4. The van der Waals surface area contributed by atoms with E-state index in [1.54, 1.807) is 11.8 Å². The summed E-state index contributed by atoms with van der Waals surface area (Å²) < 4.78 is 24.2. The molecule has 2 atom stereocenters. The Labute approximate surface area is 169 Å². The van der Waals surface area contributed by atoms with Gasteiger partial charge in [-0.25, -0.2) is 8.42 Å². The van der Waals surface area contributed by atoms with E-state index < -0.39 is 9.84 Å². The molecule has 0 amide bonds. The summed E-state index contributed by atoms with van der Waals surface area (Å²) >= 11 is 7.69. The van der Waals surface area contributed by atoms with Crippen LogP contribution in [-0.4, -0.2) is 37.2 Å². The molecular formula is C20H21ClN2O2S2. The highest BCUT2D eigenvalue weighted by Crippen LogP contribution is 2.36. The molecule has 0 spiro atoms. The van der Waals surface area contributed by atoms with Crippen LogP contribution in [0.5, 0.6) is 0 Å². The maximum atomic E-state index is 12.1. The van der Waals surface area contributed by atoms with E-state index in [9.17, 15) is 8.42 Å². The molecule has 2 aliphatic heterocycles. The van der Waals surface area contributed by atoms with Gasteiger partial charge >= 0.3 is 0 Å². The van der Waals surface area contributed by atoms with Crippen LogP contribution >= 0.6 is 23.4 Å². The number of nitrogens with zero attached hydrogens (tertiary/aromatic N) is 2. The fraction of sp³-hybridized carbons (Fsp3) is 0.350. The molecule has 2 unspecified atom stereocenters. The number of aliphatic imine (C=N–C) groups is 1. The van der Waals surface area contributed by atoms with Gasteiger partial charge in [0, 0.05) is 16.5 Å². The lowest BCUT2D eigenvalue weighted by Gasteiger charge is -2.26. The molecule has 4 nitrogen and oxygen atoms in total. The Bertz CT molecular complexity index is 1000. The van der Waals surface area contributed by atoms with Gasteiger partial charge in [-0.3, -0.25) is 4.99 Å². The second-order valence-electron chi connectivity index (χ2n) is 7.18. The standard InChI is InChI=1S/C20H21ClN2O2S2/c1-13-3-4-15(9-14(13)2)10-26-20-22-18-11-27(24,25)12-19(18)23(20)17-7-5-16(21)6-8-17/h3-9,18-19H,10-12H2,1-2H3. The summed E-state index contributed by atoms with van der Waals surface area (Å²) in [6.45, 7) is 4.23. The number of hydrogen-bond donors (Lipinski definition) is 0. The highest BCUT2D eigenvalue weighted by molar-refractivity contribution is 8.13. The van der Waals surface area contributed by atoms with Crippen LogP contribution in [0.15, 0.2) is 47.5 Å². The molecule has 7 heteroatoms. The van der Waals surface area contributed by atoms with Gasteiger partial charge in [-0.2, -0.15) is 0 Å². The molecule has 142 valence electrons. The summed E-state index contributed by atoms with van der Waals surface area (Å²) in [4.78, 5) is 6.85. The molecule has 27 heavy (non-hydrogen) atoms. The number of benzene rings is 2. The van der Waals surface area contributed by atoms with Crippen LogP contribution in [0, 0.1) is 13.8 Å². The highest BCUT2D eigenvalue weighted by atomic mass is 35.5. The van der Waals surface area contributed by atoms with Crippen LogP contribution in [0.3, 0.4) is 0 Å². The van der Waals surface area contributed by atoms with Crippen LogP contribution in [-0.2, 0) is 15.6 Å². The lowest BCUT2D eigenvalue weighted by atomic mass is 10.1. The molecule has 0 aliphatic carbocycles. The monoisotopic (exact) mass is 420 g/mol. The second kappa shape index (κ2) is 7.15. The third-order valence-corrected chi connectivity index (χ3v) is 8.14. The van der Waals surface area contributed by atoms with Crippen LogP contribution in [0.2, 0.25) is 5.02 Å². The van der Waals surface area contributed by atoms with Crippen molar-refractivity contribution in [3.05, 3.63) is 64.2 Å². The van der Waals surface area contributed by atoms with Crippen LogP contribution in [0.1, 0.15) is 16.7 Å². The Morgan fingerprint density at radius 2 is 1.85 bits per heavy atom. The zero-order valence-electron chi connectivity index (χ0n) is 15.2. The van der Waals surface area contributed by atoms with Crippen molar-refractivity contribution in [2.24, 2.45) is 4.99 Å². The van der Waals surface area contributed by atoms with Crippen molar-refractivity contribution in [2.45, 2.75) is 31.7 Å². The number of rotatable bonds is 3. The number of aryl methyl sites for hydroxylation is 2. The van der Waals surface area contributed by atoms with Crippen LogP contribution in [0.4, 0.5) is 5.69 Å². The van der Waals surface area contributed by atoms with Crippen molar-refractivity contribution in [2.75, 3.05) is 16.4 Å². The fourth-order valence-corrected chi connectivity index (χ4v) is 6.61. The van der Waals surface area contributed by atoms with Crippen LogP contribution < -0.4 is 4.90 Å². The molecule has 2 aromatic rings. The van der Waals surface area contributed by atoms with E-state index in [0.717, 1.165) is 16.6 Å². The van der Waals surface area contributed by atoms with Gasteiger partial charge in [-0.05, 0) is 54.8 Å². The Balaban J connectivity index is 1.60. The average Bonchev–Trinajstić information content (AvgIpc) is 3.08. The van der Waals surface area contributed by atoms with Crippen molar-refractivity contribution >= 4 is 44.1 Å². The van der Waals surface area contributed by atoms with Gasteiger partial charge in [0.15, 0.2) is 15.0 Å². The van der Waals surface area contributed by atoms with E-state index in [1.807, 2.05) is 24.3 Å². The van der Waals surface area contributed by atoms with E-state index in [0.29, 0.717) is 5.02 Å². The number of thioether (sulfide) groups is 1. The summed E-state index contributed by atoms with van der Waals surface area (Å²) in [5, 5.41) is 1.55. The Morgan fingerprint density at radius 3 is 2.56 bits per heavy atom. The molecule has 0 radical (unpaired) electrons. The van der Waals surface area contributed by atoms with E-state index in [4.69, 9.17) is 16.6 Å². The van der Waals surface area contributed by atoms with Crippen molar-refractivity contribution in [3.8, 4) is 0 Å². The number of fused-ring (bicyclic) bond motifs is 1. The number of anilines is 1. The summed E-state index contributed by atoms with van der Waals surface area (Å²) in [5.74, 6) is 1.09. The SMILES string of the molecule is Cc1ccc(CSC2=NC3CS(=O)(=O)CC3N2c2ccc(Cl)cc2)cc1C. The molecule has 0 N–H and O–H groups in total. The van der Waals surface area contributed by atoms with Gasteiger partial charge in [0.05, 0.1) is 23.6 Å². The average molecular weight is 421 g/mol. The first-order valence-electron chi connectivity index (χ1n) is 8.84. The summed E-state index contributed by atoms with van der Waals surface area (Å²) in [6, 6.07) is 13.7. The molecule has 2 heterocycles. The maximum absolute atomic E-state index is 12.1. The lowest BCUT2D eigenvalue weighted by Crippen LogP contribution is -2.39. The van der Waals surface area contributed by atoms with Crippen molar-refractivity contribution < 1.29 is 8.42 Å². The molecule has 0 bridgehead atoms. The highest BCUT2D eigenvalue weighted by Gasteiger charge is 2.47. The van der Waals surface area contributed by atoms with E-state index in [1.165, 1.54) is 16.7 Å². The van der Waals surface area contributed by atoms with E-state index >= 15 is 0 Å². The predicted octanol–water partition coefficient (Wildman–Crippen LogP) is 4.23. The molecular weight excluding hydrogens is 400 g/mol. The van der Waals surface area contributed by atoms with Gasteiger partial charge in [0.25, 0.3) is 0 Å². The third-order valence-electron chi connectivity index (χ3n) is 5.15. The summed E-state index contributed by atoms with van der Waals surface area (Å²) in [5.41, 5.74) is 4.74. The molecule has 2 aliphatic rings. The van der Waals surface area contributed by atoms with Gasteiger partial charge in [-0.15, -0.1) is 0 Å². The largest absolute Gasteiger partial charge is 0.315 e. The van der Waals surface area contributed by atoms with Gasteiger partial charge in [-0.1, -0.05) is 41.6 Å². The first-order chi connectivity index (χ1) is 12.8. The summed E-state index contributed by atoms with van der Waals surface area (Å²) in [7, 11) is -3.04. The minimum Gasteiger partial charge on any atom is -0.315 e. The zero-order chi connectivity index (χ0) is 19.2. The topological polar surface area (TPSA) is 49.7 Å². The van der Waals surface area contributed by atoms with Crippen molar-refractivity contribution in [1.82, 2.24) is 0 Å². The quantitative estimate of drug-likeness (QED) is 0.745. The molecule has 0 saturated carbocycles. The Hall–Kier alpha value is -1.50. The maximum Gasteiger partial charge on any atom is 0.164 e. The summed E-state index contributed by atoms with van der Waals surface area (Å²) in [6.07, 6.45) is 0. The number of hydrogen-bond acceptors (Lipinski definition) is 5. The molecule has 2 aromatic carbocycles. The zero-order valence-corrected chi connectivity index (χ0v) is 17.6. The molecule has 0 aromatic heterocycles. The minimum atomic E-state index is -3.04. The number of amidine groups is 1. The second-order valence-corrected chi connectivity index (χ2v) is 10.7. The predicted molar refractivity (Wildman–Crippen MR) is 115 cm³/mol. The van der Waals surface area contributed by atoms with Crippen molar-refractivity contribution in [1.29, 1.82) is 0 Å². The van der Waals surface area contributed by atoms with Gasteiger partial charge in [0.2, 0.25) is 0 Å². The van der Waals surface area contributed by atoms with E-state index in [-0.39, 0.29) is 23.6 Å². The number of sulfone groups is 1. The first kappa shape index (κ1) is 18.8. The molecule has 4 rings (SSSR count). The van der Waals surface area contributed by atoms with Crippen molar-refractivity contribution in [3.63, 3.8) is 0 Å². The van der Waals surface area contributed by atoms with Crippen LogP contribution in [0.25, 0.3) is 0 Å². The van der Waals surface area contributed by atoms with Gasteiger partial charge < -0.3 is 4.90 Å². The molecule has 1 fully saturated rings. The molecule has 1 saturated heterocycles.